The van der Waals surface area contributed by atoms with Gasteiger partial charge < -0.3 is 4.74 Å². The van der Waals surface area contributed by atoms with Crippen LogP contribution in [0.25, 0.3) is 0 Å². The van der Waals surface area contributed by atoms with Gasteiger partial charge in [-0.1, -0.05) is 22.9 Å². The molecule has 10 heteroatoms. The molecule has 1 atom stereocenters. The second kappa shape index (κ2) is 7.58. The number of carbonyl (C=O) groups excluding carboxylic acids is 1. The molecule has 0 saturated carbocycles. The fourth-order valence-corrected chi connectivity index (χ4v) is 2.80. The van der Waals surface area contributed by atoms with Gasteiger partial charge >= 0.3 is 12.1 Å². The number of thioether (sulfide) groups is 1. The summed E-state index contributed by atoms with van der Waals surface area (Å²) in [6.07, 6.45) is -4.76. The Balaban J connectivity index is 2.68. The number of Topliss-reactive ketones (excluding diaryl/α,β-unsaturated/α-hetero) is 1. The van der Waals surface area contributed by atoms with Crippen LogP contribution in [0.2, 0.25) is 0 Å². The van der Waals surface area contributed by atoms with Crippen molar-refractivity contribution in [2.24, 2.45) is 0 Å². The smallest absolute Gasteiger partial charge is 0.456 e. The fourth-order valence-electron chi connectivity index (χ4n) is 1.21. The Labute approximate surface area is 135 Å². The maximum atomic E-state index is 12.7. The third kappa shape index (κ3) is 5.08. The normalized spacial score (nSPS) is 13.8. The molecule has 0 amide bonds. The van der Waals surface area contributed by atoms with E-state index in [0.717, 1.165) is 12.3 Å². The van der Waals surface area contributed by atoms with Crippen molar-refractivity contribution < 1.29 is 31.5 Å². The predicted molar refractivity (Wildman–Crippen MR) is 75.9 cm³/mol. The van der Waals surface area contributed by atoms with E-state index in [0.29, 0.717) is 5.75 Å². The summed E-state index contributed by atoms with van der Waals surface area (Å²) in [7, 11) is 0. The predicted octanol–water partition coefficient (Wildman–Crippen LogP) is 4.31. The Hall–Kier alpha value is -0.900. The topological polar surface area (TPSA) is 39.2 Å². The number of pyridine rings is 1. The van der Waals surface area contributed by atoms with E-state index in [9.17, 15) is 26.7 Å². The van der Waals surface area contributed by atoms with Crippen molar-refractivity contribution in [3.63, 3.8) is 0 Å². The Bertz CT molecular complexity index is 509. The molecule has 3 nitrogen and oxygen atoms in total. The number of hydrogen-bond donors (Lipinski definition) is 0. The highest BCUT2D eigenvalue weighted by Gasteiger charge is 2.58. The molecule has 0 radical (unpaired) electrons. The van der Waals surface area contributed by atoms with Crippen LogP contribution >= 0.6 is 27.7 Å². The van der Waals surface area contributed by atoms with Crippen LogP contribution in [0.3, 0.4) is 0 Å². The highest BCUT2D eigenvalue weighted by atomic mass is 79.9. The summed E-state index contributed by atoms with van der Waals surface area (Å²) in [4.78, 5) is 15.6. The van der Waals surface area contributed by atoms with Gasteiger partial charge in [0.2, 0.25) is 5.78 Å². The number of aromatic nitrogens is 1. The van der Waals surface area contributed by atoms with Crippen LogP contribution in [-0.4, -0.2) is 39.4 Å². The Kier molecular flexibility index (Phi) is 6.60. The summed E-state index contributed by atoms with van der Waals surface area (Å²) in [5.74, 6) is -4.89. The van der Waals surface area contributed by atoms with E-state index in [1.54, 1.807) is 0 Å². The highest BCUT2D eigenvalue weighted by Crippen LogP contribution is 2.35. The lowest BCUT2D eigenvalue weighted by atomic mass is 10.2. The molecule has 0 fully saturated rings. The van der Waals surface area contributed by atoms with Crippen molar-refractivity contribution in [1.82, 2.24) is 4.98 Å². The number of carbonyl (C=O) groups is 1. The zero-order valence-corrected chi connectivity index (χ0v) is 13.6. The van der Waals surface area contributed by atoms with Crippen LogP contribution < -0.4 is 4.74 Å². The molecule has 124 valence electrons. The molecule has 0 spiro atoms. The van der Waals surface area contributed by atoms with E-state index in [-0.39, 0.29) is 17.2 Å². The molecule has 1 aromatic heterocycles. The Morgan fingerprint density at radius 3 is 2.45 bits per heavy atom. The molecule has 0 N–H and O–H groups in total. The number of nitrogens with zero attached hydrogens (tertiary/aromatic N) is 1. The third-order valence-corrected chi connectivity index (χ3v) is 4.39. The van der Waals surface area contributed by atoms with Gasteiger partial charge in [-0.15, -0.1) is 11.8 Å². The number of ketones is 1. The molecule has 1 heterocycles. The van der Waals surface area contributed by atoms with Crippen molar-refractivity contribution in [3.05, 3.63) is 24.0 Å². The standard InChI is InChI=1S/C12H11BrF5NO2S/c1-2-22-10(13)9(20)8-4-3-7(5-19-8)21-6-11(14,15)12(16,17)18/h3-5,10H,2,6H2,1H3. The van der Waals surface area contributed by atoms with Crippen molar-refractivity contribution in [1.29, 1.82) is 0 Å². The van der Waals surface area contributed by atoms with Crippen molar-refractivity contribution in [3.8, 4) is 5.75 Å². The lowest BCUT2D eigenvalue weighted by Crippen LogP contribution is -2.41. The minimum atomic E-state index is -5.68. The van der Waals surface area contributed by atoms with Crippen molar-refractivity contribution in [2.75, 3.05) is 12.4 Å². The molecule has 1 unspecified atom stereocenters. The van der Waals surface area contributed by atoms with Gasteiger partial charge in [0.15, 0.2) is 6.61 Å². The molecule has 22 heavy (non-hydrogen) atoms. The summed E-state index contributed by atoms with van der Waals surface area (Å²) in [5.41, 5.74) is 0.0535. The van der Waals surface area contributed by atoms with Crippen LogP contribution in [0.4, 0.5) is 22.0 Å². The van der Waals surface area contributed by atoms with Gasteiger partial charge in [0.25, 0.3) is 0 Å². The largest absolute Gasteiger partial charge is 0.485 e. The van der Waals surface area contributed by atoms with Crippen LogP contribution in [0, 0.1) is 0 Å². The van der Waals surface area contributed by atoms with E-state index in [2.05, 4.69) is 25.7 Å². The van der Waals surface area contributed by atoms with Gasteiger partial charge in [-0.3, -0.25) is 4.79 Å². The molecule has 1 rings (SSSR count). The molecule has 0 saturated heterocycles. The summed E-state index contributed by atoms with van der Waals surface area (Å²) < 4.78 is 65.1. The summed E-state index contributed by atoms with van der Waals surface area (Å²) in [5, 5.41) is 0. The average Bonchev–Trinajstić information content (AvgIpc) is 2.44. The van der Waals surface area contributed by atoms with Gasteiger partial charge in [-0.25, -0.2) is 4.98 Å². The minimum Gasteiger partial charge on any atom is -0.485 e. The van der Waals surface area contributed by atoms with Gasteiger partial charge in [0, 0.05) is 0 Å². The molecular formula is C12H11BrF5NO2S. The second-order valence-electron chi connectivity index (χ2n) is 4.01. The monoisotopic (exact) mass is 407 g/mol. The lowest BCUT2D eigenvalue weighted by molar-refractivity contribution is -0.290. The number of rotatable bonds is 7. The van der Waals surface area contributed by atoms with Crippen LogP contribution in [0.15, 0.2) is 18.3 Å². The molecule has 0 aliphatic carbocycles. The van der Waals surface area contributed by atoms with Gasteiger partial charge in [0.05, 0.1) is 6.20 Å². The Morgan fingerprint density at radius 1 is 1.36 bits per heavy atom. The van der Waals surface area contributed by atoms with E-state index >= 15 is 0 Å². The zero-order chi connectivity index (χ0) is 17.0. The molecule has 0 aromatic carbocycles. The molecule has 1 aromatic rings. The first-order chi connectivity index (χ1) is 10.1. The van der Waals surface area contributed by atoms with Crippen LogP contribution in [0.1, 0.15) is 17.4 Å². The number of ether oxygens (including phenoxy) is 1. The highest BCUT2D eigenvalue weighted by molar-refractivity contribution is 9.11. The lowest BCUT2D eigenvalue weighted by Gasteiger charge is -2.19. The average molecular weight is 408 g/mol. The summed E-state index contributed by atoms with van der Waals surface area (Å²) >= 11 is 4.48. The maximum Gasteiger partial charge on any atom is 0.456 e. The molecular weight excluding hydrogens is 397 g/mol. The van der Waals surface area contributed by atoms with Crippen molar-refractivity contribution >= 4 is 33.5 Å². The first-order valence-electron chi connectivity index (χ1n) is 5.91. The Morgan fingerprint density at radius 2 is 2.00 bits per heavy atom. The number of alkyl halides is 6. The quantitative estimate of drug-likeness (QED) is 0.383. The third-order valence-electron chi connectivity index (χ3n) is 2.34. The van der Waals surface area contributed by atoms with Crippen LogP contribution in [-0.2, 0) is 0 Å². The second-order valence-corrected chi connectivity index (χ2v) is 6.91. The van der Waals surface area contributed by atoms with E-state index in [1.807, 2.05) is 6.92 Å². The van der Waals surface area contributed by atoms with Gasteiger partial charge in [0.1, 0.15) is 15.6 Å². The number of hydrogen-bond acceptors (Lipinski definition) is 4. The van der Waals surface area contributed by atoms with E-state index in [1.165, 1.54) is 17.8 Å². The summed E-state index contributed by atoms with van der Waals surface area (Å²) in [6.45, 7) is 0.00955. The fraction of sp³-hybridized carbons (Fsp3) is 0.500. The first kappa shape index (κ1) is 19.1. The first-order valence-corrected chi connectivity index (χ1v) is 7.88. The maximum absolute atomic E-state index is 12.7. The SMILES string of the molecule is CCSC(Br)C(=O)c1ccc(OCC(F)(F)C(F)(F)F)cn1. The molecule has 0 aliphatic rings. The van der Waals surface area contributed by atoms with Gasteiger partial charge in [-0.2, -0.15) is 22.0 Å². The van der Waals surface area contributed by atoms with Gasteiger partial charge in [-0.05, 0) is 17.9 Å². The van der Waals surface area contributed by atoms with E-state index < -0.39 is 22.9 Å². The zero-order valence-electron chi connectivity index (χ0n) is 11.2. The molecule has 0 bridgehead atoms. The number of halogens is 6. The van der Waals surface area contributed by atoms with E-state index in [4.69, 9.17) is 0 Å². The summed E-state index contributed by atoms with van der Waals surface area (Å²) in [6, 6.07) is 2.32. The minimum absolute atomic E-state index is 0.0535. The van der Waals surface area contributed by atoms with Crippen molar-refractivity contribution in [2.45, 2.75) is 23.2 Å². The molecule has 0 aliphatic heterocycles. The van der Waals surface area contributed by atoms with Crippen LogP contribution in [0.5, 0.6) is 5.75 Å².